The molecular weight excluding hydrogens is 508 g/mol. The van der Waals surface area contributed by atoms with Gasteiger partial charge in [-0.1, -0.05) is 42.8 Å². The smallest absolute Gasteiger partial charge is 0.312 e. The summed E-state index contributed by atoms with van der Waals surface area (Å²) in [6, 6.07) is 5.22. The Kier molecular flexibility index (Phi) is 8.07. The van der Waals surface area contributed by atoms with Crippen LogP contribution in [0.4, 0.5) is 5.69 Å². The monoisotopic (exact) mass is 544 g/mol. The molecule has 3 aliphatic heterocycles. The molecule has 3 unspecified atom stereocenters. The zero-order valence-corrected chi connectivity index (χ0v) is 23.0. The number of carbonyl (C=O) groups is 3. The summed E-state index contributed by atoms with van der Waals surface area (Å²) in [6.07, 6.45) is 5.09. The number of benzene rings is 1. The predicted octanol–water partition coefficient (Wildman–Crippen LogP) is 3.76. The molecule has 3 heterocycles. The minimum absolute atomic E-state index is 0.120. The first-order valence-electron chi connectivity index (χ1n) is 13.2. The average molecular weight is 545 g/mol. The number of para-hydroxylation sites is 1. The number of allylic oxidation sites excluding steroid dienone is 1. The van der Waals surface area contributed by atoms with Gasteiger partial charge in [-0.05, 0) is 51.2 Å². The van der Waals surface area contributed by atoms with Crippen LogP contribution in [0.3, 0.4) is 0 Å². The number of nitrogens with zero attached hydrogens (tertiary/aromatic N) is 2. The summed E-state index contributed by atoms with van der Waals surface area (Å²) >= 11 is 6.48. The fourth-order valence-electron chi connectivity index (χ4n) is 6.62. The van der Waals surface area contributed by atoms with E-state index in [0.717, 1.165) is 0 Å². The third-order valence-corrected chi connectivity index (χ3v) is 8.82. The van der Waals surface area contributed by atoms with Crippen LogP contribution in [0, 0.1) is 17.8 Å². The first kappa shape index (κ1) is 28.3. The van der Waals surface area contributed by atoms with Crippen LogP contribution in [0.15, 0.2) is 49.6 Å². The van der Waals surface area contributed by atoms with Crippen molar-refractivity contribution < 1.29 is 29.0 Å². The molecule has 0 aliphatic carbocycles. The Morgan fingerprint density at radius 2 is 2.05 bits per heavy atom. The molecule has 7 atom stereocenters. The molecule has 1 N–H and O–H groups in total. The summed E-state index contributed by atoms with van der Waals surface area (Å²) in [5.41, 5.74) is -1.75. The van der Waals surface area contributed by atoms with Gasteiger partial charge in [0.1, 0.15) is 17.6 Å². The first-order chi connectivity index (χ1) is 18.1. The van der Waals surface area contributed by atoms with E-state index < -0.39 is 47.0 Å². The number of halogens is 1. The normalized spacial score (nSPS) is 32.1. The molecule has 4 rings (SSSR count). The predicted molar refractivity (Wildman–Crippen MR) is 145 cm³/mol. The molecule has 1 aromatic rings. The molecule has 3 aliphatic rings. The van der Waals surface area contributed by atoms with Gasteiger partial charge in [-0.3, -0.25) is 14.4 Å². The van der Waals surface area contributed by atoms with Crippen LogP contribution in [0.25, 0.3) is 0 Å². The molecule has 2 amide bonds. The van der Waals surface area contributed by atoms with Crippen molar-refractivity contribution in [1.82, 2.24) is 4.90 Å². The van der Waals surface area contributed by atoms with Gasteiger partial charge in [0.2, 0.25) is 5.91 Å². The van der Waals surface area contributed by atoms with Crippen LogP contribution in [0.5, 0.6) is 0 Å². The van der Waals surface area contributed by atoms with Gasteiger partial charge >= 0.3 is 5.97 Å². The van der Waals surface area contributed by atoms with Gasteiger partial charge in [-0.25, -0.2) is 0 Å². The minimum atomic E-state index is -1.25. The maximum absolute atomic E-state index is 14.5. The average Bonchev–Trinajstić information content (AvgIpc) is 3.41. The zero-order valence-electron chi connectivity index (χ0n) is 22.3. The van der Waals surface area contributed by atoms with Gasteiger partial charge in [0.15, 0.2) is 0 Å². The standard InChI is InChI=1S/C29H37ClN2O6/c1-6-8-11-15-37-27(36)23-22-25(34)32(19(4)17-33)24(29(22)16-18(3)28(23,5)38-29)26(35)31(14-7-2)21-13-10-9-12-20(21)30/h6-7,9-10,12-13,18-19,22-24,33H,1-2,8,11,14-17H2,3-5H3/t18?,19-,22+,23+,24?,28-,29?/m1/s1. The Balaban J connectivity index is 1.79. The molecule has 0 saturated carbocycles. The molecule has 1 aromatic carbocycles. The lowest BCUT2D eigenvalue weighted by Gasteiger charge is -2.38. The molecule has 2 bridgehead atoms. The Hall–Kier alpha value is -2.68. The van der Waals surface area contributed by atoms with Crippen molar-refractivity contribution in [3.05, 3.63) is 54.6 Å². The second-order valence-corrected chi connectivity index (χ2v) is 11.2. The Morgan fingerprint density at radius 3 is 2.68 bits per heavy atom. The van der Waals surface area contributed by atoms with Crippen LogP contribution >= 0.6 is 11.6 Å². The lowest BCUT2D eigenvalue weighted by Crippen LogP contribution is -2.58. The van der Waals surface area contributed by atoms with E-state index in [4.69, 9.17) is 21.1 Å². The maximum atomic E-state index is 14.5. The molecule has 1 spiro atoms. The van der Waals surface area contributed by atoms with E-state index >= 15 is 0 Å². The van der Waals surface area contributed by atoms with Crippen molar-refractivity contribution in [3.8, 4) is 0 Å². The van der Waals surface area contributed by atoms with Crippen molar-refractivity contribution in [2.45, 2.75) is 63.3 Å². The van der Waals surface area contributed by atoms with E-state index in [2.05, 4.69) is 13.2 Å². The second kappa shape index (κ2) is 10.8. The number of likely N-dealkylation sites (tertiary alicyclic amines) is 1. The molecule has 9 heteroatoms. The van der Waals surface area contributed by atoms with Crippen LogP contribution in [0.2, 0.25) is 5.02 Å². The first-order valence-corrected chi connectivity index (χ1v) is 13.5. The molecule has 8 nitrogen and oxygen atoms in total. The van der Waals surface area contributed by atoms with Gasteiger partial charge in [0.25, 0.3) is 5.91 Å². The lowest BCUT2D eigenvalue weighted by molar-refractivity contribution is -0.162. The van der Waals surface area contributed by atoms with E-state index in [1.54, 1.807) is 43.3 Å². The van der Waals surface area contributed by atoms with E-state index in [-0.39, 0.29) is 31.6 Å². The fraction of sp³-hybridized carbons (Fsp3) is 0.552. The van der Waals surface area contributed by atoms with Crippen molar-refractivity contribution in [3.63, 3.8) is 0 Å². The SMILES string of the molecule is C=CCCCOC(=O)[C@@H]1[C@H]2C(=O)N([C@H](C)CO)C(C(=O)N(CC=C)c3ccccc3Cl)C23CC(C)[C@@]1(C)O3. The summed E-state index contributed by atoms with van der Waals surface area (Å²) in [5.74, 6) is -3.18. The number of unbranched alkanes of at least 4 members (excludes halogenated alkanes) is 1. The van der Waals surface area contributed by atoms with Gasteiger partial charge in [0, 0.05) is 6.54 Å². The minimum Gasteiger partial charge on any atom is -0.465 e. The number of fused-ring (bicyclic) bond motifs is 1. The number of carbonyl (C=O) groups excluding carboxylic acids is 3. The highest BCUT2D eigenvalue weighted by atomic mass is 35.5. The summed E-state index contributed by atoms with van der Waals surface area (Å²) in [4.78, 5) is 45.0. The van der Waals surface area contributed by atoms with Gasteiger partial charge < -0.3 is 24.4 Å². The highest BCUT2D eigenvalue weighted by Crippen LogP contribution is 2.65. The Labute approximate surface area is 229 Å². The van der Waals surface area contributed by atoms with Crippen LogP contribution in [-0.2, 0) is 23.9 Å². The van der Waals surface area contributed by atoms with Crippen molar-refractivity contribution >= 4 is 35.1 Å². The molecule has 38 heavy (non-hydrogen) atoms. The highest BCUT2D eigenvalue weighted by molar-refractivity contribution is 6.34. The number of hydrogen-bond acceptors (Lipinski definition) is 6. The molecular formula is C29H37ClN2O6. The van der Waals surface area contributed by atoms with Crippen molar-refractivity contribution in [1.29, 1.82) is 0 Å². The number of hydrogen-bond donors (Lipinski definition) is 1. The van der Waals surface area contributed by atoms with E-state index in [1.165, 1.54) is 9.80 Å². The molecule has 0 radical (unpaired) electrons. The van der Waals surface area contributed by atoms with E-state index in [0.29, 0.717) is 30.0 Å². The number of aliphatic hydroxyl groups is 1. The van der Waals surface area contributed by atoms with Crippen molar-refractivity contribution in [2.24, 2.45) is 17.8 Å². The van der Waals surface area contributed by atoms with Gasteiger partial charge in [-0.15, -0.1) is 13.2 Å². The van der Waals surface area contributed by atoms with Crippen LogP contribution in [-0.4, -0.2) is 70.8 Å². The summed E-state index contributed by atoms with van der Waals surface area (Å²) in [5, 5.41) is 10.5. The zero-order chi connectivity index (χ0) is 27.8. The third kappa shape index (κ3) is 4.27. The number of ether oxygens (including phenoxy) is 2. The van der Waals surface area contributed by atoms with Crippen LogP contribution < -0.4 is 4.90 Å². The van der Waals surface area contributed by atoms with Crippen LogP contribution in [0.1, 0.15) is 40.0 Å². The quantitative estimate of drug-likeness (QED) is 0.259. The summed E-state index contributed by atoms with van der Waals surface area (Å²) in [6.45, 7) is 13.0. The number of aliphatic hydroxyl groups excluding tert-OH is 1. The van der Waals surface area contributed by atoms with E-state index in [1.807, 2.05) is 13.8 Å². The second-order valence-electron chi connectivity index (χ2n) is 10.8. The van der Waals surface area contributed by atoms with E-state index in [9.17, 15) is 19.5 Å². The molecule has 3 fully saturated rings. The fourth-order valence-corrected chi connectivity index (χ4v) is 6.86. The topological polar surface area (TPSA) is 96.4 Å². The number of rotatable bonds is 11. The maximum Gasteiger partial charge on any atom is 0.312 e. The van der Waals surface area contributed by atoms with Crippen molar-refractivity contribution in [2.75, 3.05) is 24.7 Å². The van der Waals surface area contributed by atoms with Gasteiger partial charge in [0.05, 0.1) is 41.5 Å². The summed E-state index contributed by atoms with van der Waals surface area (Å²) < 4.78 is 12.3. The largest absolute Gasteiger partial charge is 0.465 e. The summed E-state index contributed by atoms with van der Waals surface area (Å²) in [7, 11) is 0. The molecule has 3 saturated heterocycles. The highest BCUT2D eigenvalue weighted by Gasteiger charge is 2.80. The number of amides is 2. The Bertz CT molecular complexity index is 1130. The van der Waals surface area contributed by atoms with Gasteiger partial charge in [-0.2, -0.15) is 0 Å². The molecule has 206 valence electrons. The number of anilines is 1. The Morgan fingerprint density at radius 1 is 1.34 bits per heavy atom. The molecule has 0 aromatic heterocycles. The third-order valence-electron chi connectivity index (χ3n) is 8.50. The lowest BCUT2D eigenvalue weighted by atomic mass is 9.62. The number of esters is 1.